The Morgan fingerprint density at radius 1 is 1.10 bits per heavy atom. The second-order valence-corrected chi connectivity index (χ2v) is 2.22. The maximum absolute atomic E-state index is 3.31. The second-order valence-electron chi connectivity index (χ2n) is 2.22. The van der Waals surface area contributed by atoms with E-state index in [1.54, 1.807) is 0 Å². The highest BCUT2D eigenvalue weighted by atomic mass is 27.0. The van der Waals surface area contributed by atoms with Crippen molar-refractivity contribution in [2.75, 3.05) is 0 Å². The summed E-state index contributed by atoms with van der Waals surface area (Å²) in [6.07, 6.45) is 2.22. The van der Waals surface area contributed by atoms with Crippen molar-refractivity contribution in [3.63, 3.8) is 0 Å². The van der Waals surface area contributed by atoms with Gasteiger partial charge in [-0.1, -0.05) is 13.8 Å². The smallest absolute Gasteiger partial charge is 0.187 e. The van der Waals surface area contributed by atoms with E-state index in [1.807, 2.05) is 0 Å². The topological polar surface area (TPSA) is 15.8 Å². The van der Waals surface area contributed by atoms with Gasteiger partial charge in [-0.05, 0) is 25.0 Å². The number of rotatable bonds is 2. The van der Waals surface area contributed by atoms with Crippen LogP contribution in [0.1, 0.15) is 25.2 Å². The fourth-order valence-corrected chi connectivity index (χ4v) is 0.903. The molecule has 0 saturated carbocycles. The van der Waals surface area contributed by atoms with E-state index in [4.69, 9.17) is 0 Å². The van der Waals surface area contributed by atoms with Crippen LogP contribution in [-0.4, -0.2) is 22.3 Å². The monoisotopic (exact) mass is 153 g/mol. The fourth-order valence-electron chi connectivity index (χ4n) is 0.903. The average Bonchev–Trinajstić information content (AvgIpc) is 2.34. The summed E-state index contributed by atoms with van der Waals surface area (Å²) in [5, 5.41) is 0. The second kappa shape index (κ2) is 4.60. The van der Waals surface area contributed by atoms with E-state index in [9.17, 15) is 0 Å². The number of aromatic amines is 1. The lowest BCUT2D eigenvalue weighted by Crippen LogP contribution is -1.81. The molecular formula is C8H16AlN. The summed E-state index contributed by atoms with van der Waals surface area (Å²) in [5.74, 6) is 0. The molecule has 0 fully saturated rings. The quantitative estimate of drug-likeness (QED) is 0.609. The molecule has 0 atom stereocenters. The predicted molar refractivity (Wildman–Crippen MR) is 49.5 cm³/mol. The first-order chi connectivity index (χ1) is 4.36. The number of hydrogen-bond donors (Lipinski definition) is 1. The van der Waals surface area contributed by atoms with Gasteiger partial charge >= 0.3 is 0 Å². The van der Waals surface area contributed by atoms with Gasteiger partial charge in [-0.15, -0.1) is 0 Å². The normalized spacial score (nSPS) is 9.00. The Morgan fingerprint density at radius 3 is 1.70 bits per heavy atom. The third-order valence-electron chi connectivity index (χ3n) is 1.57. The van der Waals surface area contributed by atoms with Gasteiger partial charge in [-0.3, -0.25) is 0 Å². The summed E-state index contributed by atoms with van der Waals surface area (Å²) >= 11 is 0. The summed E-state index contributed by atoms with van der Waals surface area (Å²) in [7, 11) is 0. The van der Waals surface area contributed by atoms with Crippen molar-refractivity contribution in [2.24, 2.45) is 0 Å². The number of nitrogens with one attached hydrogen (secondary N) is 1. The standard InChI is InChI=1S/C8H13N.Al.3H/c1-3-7-5-6-8(4-2)9-7;;;;/h5-6,9H,3-4H2,1-2H3;;;;. The highest BCUT2D eigenvalue weighted by molar-refractivity contribution is 5.75. The van der Waals surface area contributed by atoms with E-state index in [-0.39, 0.29) is 17.4 Å². The van der Waals surface area contributed by atoms with E-state index in [0.717, 1.165) is 12.8 Å². The Kier molecular flexibility index (Phi) is 4.51. The van der Waals surface area contributed by atoms with Crippen LogP contribution in [0.4, 0.5) is 0 Å². The molecule has 0 radical (unpaired) electrons. The van der Waals surface area contributed by atoms with Crippen molar-refractivity contribution in [1.82, 2.24) is 4.98 Å². The Bertz CT molecular complexity index is 163. The summed E-state index contributed by atoms with van der Waals surface area (Å²) < 4.78 is 0. The van der Waals surface area contributed by atoms with Crippen LogP contribution in [0, 0.1) is 0 Å². The van der Waals surface area contributed by atoms with Crippen molar-refractivity contribution in [1.29, 1.82) is 0 Å². The molecule has 1 aromatic rings. The highest BCUT2D eigenvalue weighted by Gasteiger charge is 1.91. The first-order valence-corrected chi connectivity index (χ1v) is 3.53. The summed E-state index contributed by atoms with van der Waals surface area (Å²) in [6, 6.07) is 4.30. The van der Waals surface area contributed by atoms with Crippen LogP contribution in [0.5, 0.6) is 0 Å². The number of H-pyrrole nitrogens is 1. The number of aryl methyl sites for hydroxylation is 2. The third-order valence-corrected chi connectivity index (χ3v) is 1.57. The van der Waals surface area contributed by atoms with Crippen LogP contribution in [0.25, 0.3) is 0 Å². The van der Waals surface area contributed by atoms with E-state index < -0.39 is 0 Å². The first kappa shape index (κ1) is 9.81. The van der Waals surface area contributed by atoms with E-state index in [1.165, 1.54) is 11.4 Å². The van der Waals surface area contributed by atoms with Crippen molar-refractivity contribution in [3.8, 4) is 0 Å². The Morgan fingerprint density at radius 2 is 1.50 bits per heavy atom. The zero-order valence-corrected chi connectivity index (χ0v) is 6.07. The molecule has 1 heterocycles. The zero-order chi connectivity index (χ0) is 6.69. The molecule has 1 aromatic heterocycles. The van der Waals surface area contributed by atoms with Crippen LogP contribution < -0.4 is 0 Å². The maximum Gasteiger partial charge on any atom is 0.187 e. The summed E-state index contributed by atoms with van der Waals surface area (Å²) in [6.45, 7) is 4.32. The van der Waals surface area contributed by atoms with Gasteiger partial charge < -0.3 is 4.98 Å². The van der Waals surface area contributed by atoms with E-state index in [0.29, 0.717) is 0 Å². The molecular weight excluding hydrogens is 137 g/mol. The molecule has 1 rings (SSSR count). The van der Waals surface area contributed by atoms with Crippen LogP contribution in [0.15, 0.2) is 12.1 Å². The summed E-state index contributed by atoms with van der Waals surface area (Å²) in [5.41, 5.74) is 2.68. The number of aromatic nitrogens is 1. The van der Waals surface area contributed by atoms with Gasteiger partial charge in [0.1, 0.15) is 0 Å². The van der Waals surface area contributed by atoms with Gasteiger partial charge in [-0.2, -0.15) is 0 Å². The molecule has 1 N–H and O–H groups in total. The molecule has 0 aliphatic heterocycles. The minimum Gasteiger partial charge on any atom is -0.362 e. The maximum atomic E-state index is 3.31. The minimum absolute atomic E-state index is 0. The molecule has 56 valence electrons. The molecule has 0 amide bonds. The highest BCUT2D eigenvalue weighted by Crippen LogP contribution is 2.01. The van der Waals surface area contributed by atoms with Crippen LogP contribution in [-0.2, 0) is 12.8 Å². The van der Waals surface area contributed by atoms with Gasteiger partial charge in [0.25, 0.3) is 0 Å². The van der Waals surface area contributed by atoms with Crippen LogP contribution >= 0.6 is 0 Å². The molecule has 10 heavy (non-hydrogen) atoms. The lowest BCUT2D eigenvalue weighted by Gasteiger charge is -1.88. The minimum atomic E-state index is 0. The Labute approximate surface area is 73.0 Å². The molecule has 0 aromatic carbocycles. The Balaban J connectivity index is 0.000000810. The fraction of sp³-hybridized carbons (Fsp3) is 0.500. The van der Waals surface area contributed by atoms with E-state index in [2.05, 4.69) is 31.0 Å². The Hall–Kier alpha value is -0.188. The molecule has 0 bridgehead atoms. The molecule has 0 aliphatic rings. The zero-order valence-electron chi connectivity index (χ0n) is 6.07. The first-order valence-electron chi connectivity index (χ1n) is 3.53. The molecule has 0 spiro atoms. The van der Waals surface area contributed by atoms with Gasteiger partial charge in [0.05, 0.1) is 0 Å². The number of hydrogen-bond acceptors (Lipinski definition) is 0. The predicted octanol–water partition coefficient (Wildman–Crippen LogP) is 0.956. The molecule has 0 saturated heterocycles. The van der Waals surface area contributed by atoms with Crippen molar-refractivity contribution in [3.05, 3.63) is 23.5 Å². The van der Waals surface area contributed by atoms with Crippen molar-refractivity contribution in [2.45, 2.75) is 26.7 Å². The SMILES string of the molecule is CCc1ccc(CC)[nH]1.[AlH3]. The van der Waals surface area contributed by atoms with E-state index >= 15 is 0 Å². The molecule has 0 unspecified atom stereocenters. The molecule has 1 nitrogen and oxygen atoms in total. The largest absolute Gasteiger partial charge is 0.362 e. The van der Waals surface area contributed by atoms with Gasteiger partial charge in [0.2, 0.25) is 0 Å². The van der Waals surface area contributed by atoms with Gasteiger partial charge in [0.15, 0.2) is 17.4 Å². The third kappa shape index (κ3) is 2.21. The average molecular weight is 153 g/mol. The van der Waals surface area contributed by atoms with Crippen LogP contribution in [0.2, 0.25) is 0 Å². The molecule has 0 aliphatic carbocycles. The van der Waals surface area contributed by atoms with Crippen LogP contribution in [0.3, 0.4) is 0 Å². The lowest BCUT2D eigenvalue weighted by molar-refractivity contribution is 0.994. The lowest BCUT2D eigenvalue weighted by atomic mass is 10.3. The summed E-state index contributed by atoms with van der Waals surface area (Å²) in [4.78, 5) is 3.31. The van der Waals surface area contributed by atoms with Crippen molar-refractivity contribution >= 4 is 17.4 Å². The molecule has 2 heteroatoms. The van der Waals surface area contributed by atoms with Gasteiger partial charge in [0, 0.05) is 11.4 Å². The van der Waals surface area contributed by atoms with Crippen molar-refractivity contribution < 1.29 is 0 Å². The van der Waals surface area contributed by atoms with Gasteiger partial charge in [-0.25, -0.2) is 0 Å².